The monoisotopic (exact) mass is 265 g/mol. The molecule has 0 saturated carbocycles. The molecule has 5 heteroatoms. The van der Waals surface area contributed by atoms with Crippen molar-refractivity contribution in [2.24, 2.45) is 0 Å². The van der Waals surface area contributed by atoms with Gasteiger partial charge in [0.2, 0.25) is 11.7 Å². The van der Waals surface area contributed by atoms with Gasteiger partial charge in [0.1, 0.15) is 5.82 Å². The second-order valence-electron chi connectivity index (χ2n) is 4.06. The molecule has 2 aromatic heterocycles. The number of hydrogen-bond donors (Lipinski definition) is 1. The zero-order valence-electron chi connectivity index (χ0n) is 10.5. The fourth-order valence-corrected chi connectivity index (χ4v) is 1.71. The summed E-state index contributed by atoms with van der Waals surface area (Å²) < 4.78 is 5.45. The van der Waals surface area contributed by atoms with Crippen molar-refractivity contribution in [3.8, 4) is 11.5 Å². The van der Waals surface area contributed by atoms with E-state index in [0.29, 0.717) is 11.7 Å². The lowest BCUT2D eigenvalue weighted by Gasteiger charge is -2.00. The Bertz CT molecular complexity index is 708. The van der Waals surface area contributed by atoms with Crippen LogP contribution in [0.25, 0.3) is 11.5 Å². The van der Waals surface area contributed by atoms with E-state index in [9.17, 15) is 4.79 Å². The van der Waals surface area contributed by atoms with Gasteiger partial charge < -0.3 is 9.73 Å². The van der Waals surface area contributed by atoms with Crippen LogP contribution in [0.15, 0.2) is 65.3 Å². The maximum absolute atomic E-state index is 12.0. The van der Waals surface area contributed by atoms with Crippen LogP contribution in [0, 0.1) is 0 Å². The summed E-state index contributed by atoms with van der Waals surface area (Å²) in [6, 6.07) is 14.7. The first-order chi connectivity index (χ1) is 9.83. The molecule has 0 aliphatic heterocycles. The number of nitrogens with zero attached hydrogens (tertiary/aromatic N) is 2. The number of hydrogen-bond acceptors (Lipinski definition) is 4. The standard InChI is InChI=1S/C15H11N3O2/c19-14(18-13-8-4-5-9-16-13)12-10-17-15(20-12)11-6-2-1-3-7-11/h1-10H,(H,16,18,19). The minimum atomic E-state index is -0.376. The first kappa shape index (κ1) is 12.1. The summed E-state index contributed by atoms with van der Waals surface area (Å²) in [6.45, 7) is 0. The van der Waals surface area contributed by atoms with Crippen molar-refractivity contribution in [3.63, 3.8) is 0 Å². The van der Waals surface area contributed by atoms with Crippen molar-refractivity contribution in [1.29, 1.82) is 0 Å². The molecule has 0 unspecified atom stereocenters. The Morgan fingerprint density at radius 1 is 1.00 bits per heavy atom. The molecule has 3 rings (SSSR count). The van der Waals surface area contributed by atoms with Crippen LogP contribution in [0.3, 0.4) is 0 Å². The van der Waals surface area contributed by atoms with Gasteiger partial charge in [0, 0.05) is 11.8 Å². The predicted octanol–water partition coefficient (Wildman–Crippen LogP) is 2.99. The van der Waals surface area contributed by atoms with Crippen molar-refractivity contribution in [3.05, 3.63) is 66.7 Å². The Hall–Kier alpha value is -2.95. The Morgan fingerprint density at radius 2 is 1.80 bits per heavy atom. The van der Waals surface area contributed by atoms with E-state index in [1.165, 1.54) is 6.20 Å². The lowest BCUT2D eigenvalue weighted by atomic mass is 10.2. The molecular weight excluding hydrogens is 254 g/mol. The quantitative estimate of drug-likeness (QED) is 0.790. The molecule has 1 N–H and O–H groups in total. The Balaban J connectivity index is 1.79. The van der Waals surface area contributed by atoms with Crippen molar-refractivity contribution in [2.45, 2.75) is 0 Å². The smallest absolute Gasteiger partial charge is 0.294 e. The summed E-state index contributed by atoms with van der Waals surface area (Å²) in [6.07, 6.45) is 3.01. The molecule has 0 bridgehead atoms. The third-order valence-electron chi connectivity index (χ3n) is 2.66. The van der Waals surface area contributed by atoms with Gasteiger partial charge >= 0.3 is 0 Å². The molecule has 3 aromatic rings. The summed E-state index contributed by atoms with van der Waals surface area (Å²) in [5, 5.41) is 2.64. The number of carbonyl (C=O) groups is 1. The molecule has 2 heterocycles. The van der Waals surface area contributed by atoms with E-state index in [2.05, 4.69) is 15.3 Å². The fourth-order valence-electron chi connectivity index (χ4n) is 1.71. The largest absolute Gasteiger partial charge is 0.431 e. The lowest BCUT2D eigenvalue weighted by molar-refractivity contribution is 0.0997. The Labute approximate surface area is 115 Å². The van der Waals surface area contributed by atoms with E-state index < -0.39 is 0 Å². The second kappa shape index (κ2) is 5.36. The van der Waals surface area contributed by atoms with E-state index in [1.54, 1.807) is 24.4 Å². The van der Waals surface area contributed by atoms with Gasteiger partial charge in [-0.05, 0) is 24.3 Å². The van der Waals surface area contributed by atoms with Crippen LogP contribution < -0.4 is 5.32 Å². The lowest BCUT2D eigenvalue weighted by Crippen LogP contribution is -2.11. The molecule has 1 amide bonds. The van der Waals surface area contributed by atoms with Gasteiger partial charge in [-0.25, -0.2) is 9.97 Å². The first-order valence-electron chi connectivity index (χ1n) is 6.06. The highest BCUT2D eigenvalue weighted by molar-refractivity contribution is 6.01. The highest BCUT2D eigenvalue weighted by Crippen LogP contribution is 2.19. The normalized spacial score (nSPS) is 10.2. The van der Waals surface area contributed by atoms with Crippen molar-refractivity contribution < 1.29 is 9.21 Å². The van der Waals surface area contributed by atoms with Crippen LogP contribution in [-0.4, -0.2) is 15.9 Å². The van der Waals surface area contributed by atoms with Crippen LogP contribution >= 0.6 is 0 Å². The molecule has 0 aliphatic carbocycles. The molecule has 1 aromatic carbocycles. The zero-order valence-corrected chi connectivity index (χ0v) is 10.5. The molecule has 0 saturated heterocycles. The van der Waals surface area contributed by atoms with E-state index >= 15 is 0 Å². The van der Waals surface area contributed by atoms with Crippen LogP contribution in [0.1, 0.15) is 10.6 Å². The van der Waals surface area contributed by atoms with Crippen LogP contribution in [0.2, 0.25) is 0 Å². The maximum atomic E-state index is 12.0. The summed E-state index contributed by atoms with van der Waals surface area (Å²) in [5.74, 6) is 0.653. The molecule has 0 aliphatic rings. The van der Waals surface area contributed by atoms with Gasteiger partial charge in [-0.15, -0.1) is 0 Å². The van der Waals surface area contributed by atoms with Crippen LogP contribution in [-0.2, 0) is 0 Å². The first-order valence-corrected chi connectivity index (χ1v) is 6.06. The fraction of sp³-hybridized carbons (Fsp3) is 0. The number of anilines is 1. The highest BCUT2D eigenvalue weighted by atomic mass is 16.4. The number of pyridine rings is 1. The van der Waals surface area contributed by atoms with Crippen LogP contribution in [0.5, 0.6) is 0 Å². The van der Waals surface area contributed by atoms with Gasteiger partial charge in [0.15, 0.2) is 0 Å². The van der Waals surface area contributed by atoms with Gasteiger partial charge in [0.25, 0.3) is 5.91 Å². The van der Waals surface area contributed by atoms with Crippen molar-refractivity contribution in [2.75, 3.05) is 5.32 Å². The molecule has 20 heavy (non-hydrogen) atoms. The van der Waals surface area contributed by atoms with Gasteiger partial charge in [-0.3, -0.25) is 4.79 Å². The van der Waals surface area contributed by atoms with E-state index in [1.807, 2.05) is 30.3 Å². The number of amides is 1. The number of nitrogens with one attached hydrogen (secondary N) is 1. The third kappa shape index (κ3) is 2.56. The molecule has 98 valence electrons. The molecular formula is C15H11N3O2. The summed E-state index contributed by atoms with van der Waals surface area (Å²) in [5.41, 5.74) is 0.824. The van der Waals surface area contributed by atoms with E-state index in [4.69, 9.17) is 4.42 Å². The molecule has 0 radical (unpaired) electrons. The molecule has 5 nitrogen and oxygen atoms in total. The summed E-state index contributed by atoms with van der Waals surface area (Å²) >= 11 is 0. The number of oxazole rings is 1. The number of carbonyl (C=O) groups excluding carboxylic acids is 1. The van der Waals surface area contributed by atoms with Crippen molar-refractivity contribution >= 4 is 11.7 Å². The second-order valence-corrected chi connectivity index (χ2v) is 4.06. The summed E-state index contributed by atoms with van der Waals surface area (Å²) in [7, 11) is 0. The average molecular weight is 265 g/mol. The zero-order chi connectivity index (χ0) is 13.8. The van der Waals surface area contributed by atoms with Gasteiger partial charge in [-0.2, -0.15) is 0 Å². The number of rotatable bonds is 3. The Morgan fingerprint density at radius 3 is 2.55 bits per heavy atom. The number of benzene rings is 1. The Kier molecular flexibility index (Phi) is 3.24. The maximum Gasteiger partial charge on any atom is 0.294 e. The van der Waals surface area contributed by atoms with Gasteiger partial charge in [0.05, 0.1) is 6.20 Å². The van der Waals surface area contributed by atoms with Crippen molar-refractivity contribution in [1.82, 2.24) is 9.97 Å². The minimum absolute atomic E-state index is 0.148. The minimum Gasteiger partial charge on any atom is -0.431 e. The third-order valence-corrected chi connectivity index (χ3v) is 2.66. The molecule has 0 atom stereocenters. The van der Waals surface area contributed by atoms with E-state index in [0.717, 1.165) is 5.56 Å². The average Bonchev–Trinajstić information content (AvgIpc) is 2.99. The summed E-state index contributed by atoms with van der Waals surface area (Å²) in [4.78, 5) is 20.1. The molecule has 0 fully saturated rings. The number of aromatic nitrogens is 2. The highest BCUT2D eigenvalue weighted by Gasteiger charge is 2.13. The molecule has 0 spiro atoms. The van der Waals surface area contributed by atoms with Crippen LogP contribution in [0.4, 0.5) is 5.82 Å². The predicted molar refractivity (Wildman–Crippen MR) is 74.1 cm³/mol. The SMILES string of the molecule is O=C(Nc1ccccn1)c1cnc(-c2ccccc2)o1. The van der Waals surface area contributed by atoms with E-state index in [-0.39, 0.29) is 11.7 Å². The van der Waals surface area contributed by atoms with Gasteiger partial charge in [-0.1, -0.05) is 24.3 Å². The topological polar surface area (TPSA) is 68.0 Å².